The number of anilines is 1. The summed E-state index contributed by atoms with van der Waals surface area (Å²) in [6, 6.07) is 13.5. The Balaban J connectivity index is 1.97. The molecule has 0 unspecified atom stereocenters. The molecule has 26 heavy (non-hydrogen) atoms. The average Bonchev–Trinajstić information content (AvgIpc) is 2.60. The number of nitrogens with one attached hydrogen (secondary N) is 2. The first-order valence-corrected chi connectivity index (χ1v) is 8.38. The normalized spacial score (nSPS) is 10.4. The van der Waals surface area contributed by atoms with Gasteiger partial charge in [-0.05, 0) is 62.2 Å². The van der Waals surface area contributed by atoms with Crippen molar-refractivity contribution < 1.29 is 19.5 Å². The highest BCUT2D eigenvalue weighted by Gasteiger charge is 2.10. The molecule has 0 atom stereocenters. The van der Waals surface area contributed by atoms with E-state index in [1.54, 1.807) is 48.5 Å². The zero-order chi connectivity index (χ0) is 19.1. The van der Waals surface area contributed by atoms with Crippen LogP contribution in [-0.2, 0) is 11.2 Å². The minimum atomic E-state index is -0.840. The topological polar surface area (TPSA) is 95.5 Å². The molecule has 0 fully saturated rings. The Labute approximate surface area is 152 Å². The Hall–Kier alpha value is -3.15. The van der Waals surface area contributed by atoms with Gasteiger partial charge in [-0.25, -0.2) is 0 Å². The summed E-state index contributed by atoms with van der Waals surface area (Å²) in [5.41, 5.74) is 2.46. The summed E-state index contributed by atoms with van der Waals surface area (Å²) in [5.74, 6) is -1.30. The van der Waals surface area contributed by atoms with Crippen molar-refractivity contribution in [1.82, 2.24) is 5.32 Å². The van der Waals surface area contributed by atoms with Gasteiger partial charge in [-0.15, -0.1) is 0 Å². The molecule has 0 aromatic heterocycles. The predicted molar refractivity (Wildman–Crippen MR) is 99.4 cm³/mol. The van der Waals surface area contributed by atoms with Crippen LogP contribution < -0.4 is 10.6 Å². The van der Waals surface area contributed by atoms with E-state index in [0.29, 0.717) is 23.2 Å². The first kappa shape index (κ1) is 19.2. The van der Waals surface area contributed by atoms with Crippen molar-refractivity contribution in [1.29, 1.82) is 0 Å². The van der Waals surface area contributed by atoms with E-state index in [1.807, 2.05) is 13.8 Å². The summed E-state index contributed by atoms with van der Waals surface area (Å²) < 4.78 is 0. The maximum absolute atomic E-state index is 12.3. The molecule has 2 amide bonds. The van der Waals surface area contributed by atoms with Crippen molar-refractivity contribution in [2.45, 2.75) is 32.7 Å². The Kier molecular flexibility index (Phi) is 6.49. The number of amides is 2. The second-order valence-corrected chi connectivity index (χ2v) is 6.25. The van der Waals surface area contributed by atoms with Crippen LogP contribution in [0.4, 0.5) is 5.69 Å². The van der Waals surface area contributed by atoms with Gasteiger partial charge in [-0.1, -0.05) is 12.1 Å². The molecule has 0 aliphatic rings. The highest BCUT2D eigenvalue weighted by atomic mass is 16.4. The van der Waals surface area contributed by atoms with Crippen LogP contribution in [-0.4, -0.2) is 28.9 Å². The van der Waals surface area contributed by atoms with Gasteiger partial charge in [0, 0.05) is 29.3 Å². The van der Waals surface area contributed by atoms with E-state index in [4.69, 9.17) is 5.11 Å². The maximum Gasteiger partial charge on any atom is 0.303 e. The van der Waals surface area contributed by atoms with Gasteiger partial charge < -0.3 is 15.7 Å². The predicted octanol–water partition coefficient (Wildman–Crippen LogP) is 3.09. The largest absolute Gasteiger partial charge is 0.481 e. The molecule has 6 heteroatoms. The highest BCUT2D eigenvalue weighted by Crippen LogP contribution is 2.13. The first-order valence-electron chi connectivity index (χ1n) is 8.38. The van der Waals surface area contributed by atoms with Crippen LogP contribution in [0.3, 0.4) is 0 Å². The second-order valence-electron chi connectivity index (χ2n) is 6.25. The van der Waals surface area contributed by atoms with Gasteiger partial charge >= 0.3 is 5.97 Å². The molecule has 0 aliphatic heterocycles. The molecule has 0 bridgehead atoms. The van der Waals surface area contributed by atoms with Crippen molar-refractivity contribution in [3.8, 4) is 0 Å². The number of carbonyl (C=O) groups is 3. The van der Waals surface area contributed by atoms with Crippen LogP contribution in [0.15, 0.2) is 48.5 Å². The lowest BCUT2D eigenvalue weighted by Crippen LogP contribution is -2.30. The lowest BCUT2D eigenvalue weighted by Gasteiger charge is -2.09. The van der Waals surface area contributed by atoms with E-state index in [-0.39, 0.29) is 24.3 Å². The minimum Gasteiger partial charge on any atom is -0.481 e. The molecule has 0 heterocycles. The summed E-state index contributed by atoms with van der Waals surface area (Å²) in [5, 5.41) is 14.3. The van der Waals surface area contributed by atoms with E-state index >= 15 is 0 Å². The van der Waals surface area contributed by atoms with E-state index in [2.05, 4.69) is 10.6 Å². The van der Waals surface area contributed by atoms with Crippen LogP contribution in [0.25, 0.3) is 0 Å². The summed E-state index contributed by atoms with van der Waals surface area (Å²) in [6.07, 6.45) is 0.520. The van der Waals surface area contributed by atoms with Crippen molar-refractivity contribution >= 4 is 23.5 Å². The van der Waals surface area contributed by atoms with E-state index in [1.165, 1.54) is 0 Å². The van der Waals surface area contributed by atoms with Gasteiger partial charge in [-0.2, -0.15) is 0 Å². The number of carbonyl (C=O) groups excluding carboxylic acids is 2. The number of rotatable bonds is 7. The summed E-state index contributed by atoms with van der Waals surface area (Å²) in [7, 11) is 0. The smallest absolute Gasteiger partial charge is 0.303 e. The molecular formula is C20H22N2O4. The van der Waals surface area contributed by atoms with E-state index in [9.17, 15) is 14.4 Å². The quantitative estimate of drug-likeness (QED) is 0.712. The second kappa shape index (κ2) is 8.80. The Morgan fingerprint density at radius 2 is 1.42 bits per heavy atom. The fourth-order valence-electron chi connectivity index (χ4n) is 2.33. The lowest BCUT2D eigenvalue weighted by molar-refractivity contribution is -0.136. The van der Waals surface area contributed by atoms with Crippen LogP contribution >= 0.6 is 0 Å². The van der Waals surface area contributed by atoms with Gasteiger partial charge in [0.1, 0.15) is 0 Å². The SMILES string of the molecule is CC(C)NC(=O)c1ccc(C(=O)Nc2ccc(CCC(=O)O)cc2)cc1. The monoisotopic (exact) mass is 354 g/mol. The molecule has 2 aromatic carbocycles. The molecule has 6 nitrogen and oxygen atoms in total. The third kappa shape index (κ3) is 5.73. The van der Waals surface area contributed by atoms with Crippen molar-refractivity contribution in [2.75, 3.05) is 5.32 Å². The molecule has 0 radical (unpaired) electrons. The van der Waals surface area contributed by atoms with Crippen molar-refractivity contribution in [2.24, 2.45) is 0 Å². The standard InChI is InChI=1S/C20H22N2O4/c1-13(2)21-19(25)15-6-8-16(9-7-15)20(26)22-17-10-3-14(4-11-17)5-12-18(23)24/h3-4,6-11,13H,5,12H2,1-2H3,(H,21,25)(H,22,26)(H,23,24). The van der Waals surface area contributed by atoms with Gasteiger partial charge in [0.25, 0.3) is 11.8 Å². The summed E-state index contributed by atoms with van der Waals surface area (Å²) >= 11 is 0. The molecule has 2 aromatic rings. The molecule has 0 saturated heterocycles. The van der Waals surface area contributed by atoms with Crippen LogP contribution in [0, 0.1) is 0 Å². The van der Waals surface area contributed by atoms with Gasteiger partial charge in [0.2, 0.25) is 0 Å². The number of aliphatic carboxylic acids is 1. The van der Waals surface area contributed by atoms with E-state index in [0.717, 1.165) is 5.56 Å². The van der Waals surface area contributed by atoms with Gasteiger partial charge in [-0.3, -0.25) is 14.4 Å². The molecule has 0 spiro atoms. The zero-order valence-corrected chi connectivity index (χ0v) is 14.8. The van der Waals surface area contributed by atoms with Gasteiger partial charge in [0.05, 0.1) is 0 Å². The third-order valence-electron chi connectivity index (χ3n) is 3.67. The summed E-state index contributed by atoms with van der Waals surface area (Å²) in [4.78, 5) is 34.8. The fourth-order valence-corrected chi connectivity index (χ4v) is 2.33. The number of hydrogen-bond acceptors (Lipinski definition) is 3. The molecule has 0 aliphatic carbocycles. The van der Waals surface area contributed by atoms with Crippen LogP contribution in [0.1, 0.15) is 46.5 Å². The minimum absolute atomic E-state index is 0.0453. The molecule has 0 saturated carbocycles. The molecular weight excluding hydrogens is 332 g/mol. The number of carboxylic acids is 1. The third-order valence-corrected chi connectivity index (χ3v) is 3.67. The van der Waals surface area contributed by atoms with Crippen molar-refractivity contribution in [3.05, 3.63) is 65.2 Å². The maximum atomic E-state index is 12.3. The number of aryl methyl sites for hydroxylation is 1. The van der Waals surface area contributed by atoms with E-state index < -0.39 is 5.97 Å². The Bertz CT molecular complexity index is 780. The van der Waals surface area contributed by atoms with Crippen LogP contribution in [0.5, 0.6) is 0 Å². The molecule has 2 rings (SSSR count). The average molecular weight is 354 g/mol. The van der Waals surface area contributed by atoms with Crippen molar-refractivity contribution in [3.63, 3.8) is 0 Å². The number of hydrogen-bond donors (Lipinski definition) is 3. The number of benzene rings is 2. The first-order chi connectivity index (χ1) is 12.3. The fraction of sp³-hybridized carbons (Fsp3) is 0.250. The Morgan fingerprint density at radius 3 is 1.92 bits per heavy atom. The zero-order valence-electron chi connectivity index (χ0n) is 14.8. The van der Waals surface area contributed by atoms with Gasteiger partial charge in [0.15, 0.2) is 0 Å². The molecule has 3 N–H and O–H groups in total. The summed E-state index contributed by atoms with van der Waals surface area (Å²) in [6.45, 7) is 3.76. The number of carboxylic acid groups (broad SMARTS) is 1. The highest BCUT2D eigenvalue weighted by molar-refractivity contribution is 6.05. The Morgan fingerprint density at radius 1 is 0.885 bits per heavy atom. The molecule has 136 valence electrons. The lowest BCUT2D eigenvalue weighted by atomic mass is 10.1. The van der Waals surface area contributed by atoms with Crippen LogP contribution in [0.2, 0.25) is 0 Å².